The molecule has 3 fully saturated rings. The molecule has 0 aliphatic carbocycles. The Labute approximate surface area is 367 Å². The zero-order valence-corrected chi connectivity index (χ0v) is 35.7. The van der Waals surface area contributed by atoms with Crippen LogP contribution in [-0.2, 0) is 49.5 Å². The van der Waals surface area contributed by atoms with Crippen molar-refractivity contribution in [2.45, 2.75) is 101 Å². The summed E-state index contributed by atoms with van der Waals surface area (Å²) in [6.07, 6.45) is 5.57. The number of azide groups is 1. The molecule has 6 amide bonds. The number of nitrogens with one attached hydrogen (secondary N) is 3. The first-order valence-corrected chi connectivity index (χ1v) is 21.0. The van der Waals surface area contributed by atoms with E-state index in [0.29, 0.717) is 25.3 Å². The quantitative estimate of drug-likeness (QED) is 0.0663. The molecule has 6 atom stereocenters. The van der Waals surface area contributed by atoms with E-state index < -0.39 is 115 Å². The van der Waals surface area contributed by atoms with Gasteiger partial charge in [0.2, 0.25) is 35.4 Å². The highest BCUT2D eigenvalue weighted by atomic mass is 19.1. The Balaban J connectivity index is 1.46. The van der Waals surface area contributed by atoms with E-state index in [1.807, 2.05) is 6.92 Å². The van der Waals surface area contributed by atoms with Crippen molar-refractivity contribution in [2.75, 3.05) is 33.4 Å². The number of cyclic esters (lactones) is 1. The van der Waals surface area contributed by atoms with Crippen molar-refractivity contribution in [3.05, 3.63) is 87.8 Å². The minimum atomic E-state index is -1.68. The topological polar surface area (TPSA) is 250 Å². The van der Waals surface area contributed by atoms with E-state index in [1.165, 1.54) is 49.2 Å². The van der Waals surface area contributed by atoms with Gasteiger partial charge in [-0.25, -0.2) is 18.4 Å². The van der Waals surface area contributed by atoms with Crippen molar-refractivity contribution in [3.63, 3.8) is 0 Å². The summed E-state index contributed by atoms with van der Waals surface area (Å²) in [6.45, 7) is 2.00. The Morgan fingerprint density at radius 1 is 0.984 bits per heavy atom. The number of carbonyl (C=O) groups is 8. The SMILES string of the molecule is CCCC/C=C/C(=O)N[C@@H](Cc1cc(F)cc(F)c1)C(=O)N[C@H]1COC(=O)[C@@H]2CCCN2C(=O)[C@H](C)NC(=O)[C@H](COC(=O)c2ccc(N=[N+]=[N-])cc2)N(C)C(=O)[C@@H]2CCCN2C1=O. The highest BCUT2D eigenvalue weighted by Gasteiger charge is 2.44. The Kier molecular flexibility index (Phi) is 16.9. The maximum absolute atomic E-state index is 14.5. The largest absolute Gasteiger partial charge is 0.461 e. The fourth-order valence-electron chi connectivity index (χ4n) is 7.70. The van der Waals surface area contributed by atoms with Crippen LogP contribution in [0.25, 0.3) is 10.4 Å². The maximum atomic E-state index is 14.5. The molecule has 0 saturated carbocycles. The molecular formula is C43H51F2N9O10. The Morgan fingerprint density at radius 2 is 1.64 bits per heavy atom. The van der Waals surface area contributed by atoms with Gasteiger partial charge < -0.3 is 40.1 Å². The van der Waals surface area contributed by atoms with Crippen LogP contribution in [0.3, 0.4) is 0 Å². The minimum Gasteiger partial charge on any atom is -0.461 e. The van der Waals surface area contributed by atoms with E-state index in [4.69, 9.17) is 15.0 Å². The summed E-state index contributed by atoms with van der Waals surface area (Å²) in [4.78, 5) is 117. The molecule has 21 heteroatoms. The summed E-state index contributed by atoms with van der Waals surface area (Å²) in [5.41, 5.74) is 8.96. The smallest absolute Gasteiger partial charge is 0.338 e. The molecule has 3 aliphatic heterocycles. The van der Waals surface area contributed by atoms with Gasteiger partial charge in [0.1, 0.15) is 61.1 Å². The second-order valence-corrected chi connectivity index (χ2v) is 15.7. The lowest BCUT2D eigenvalue weighted by Gasteiger charge is -2.35. The second kappa shape index (κ2) is 22.5. The first-order valence-electron chi connectivity index (χ1n) is 21.0. The zero-order valence-electron chi connectivity index (χ0n) is 35.7. The van der Waals surface area contributed by atoms with Crippen LogP contribution in [0.1, 0.15) is 74.7 Å². The Bertz CT molecular complexity index is 2160. The highest BCUT2D eigenvalue weighted by molar-refractivity contribution is 5.98. The number of rotatable bonds is 13. The van der Waals surface area contributed by atoms with Crippen molar-refractivity contribution in [1.29, 1.82) is 0 Å². The van der Waals surface area contributed by atoms with Crippen LogP contribution in [0, 0.1) is 11.6 Å². The van der Waals surface area contributed by atoms with Gasteiger partial charge in [0.15, 0.2) is 0 Å². The third-order valence-corrected chi connectivity index (χ3v) is 11.1. The van der Waals surface area contributed by atoms with Gasteiger partial charge in [-0.2, -0.15) is 0 Å². The molecule has 3 aliphatic rings. The summed E-state index contributed by atoms with van der Waals surface area (Å²) < 4.78 is 39.6. The number of allylic oxidation sites excluding steroid dienone is 1. The number of esters is 2. The molecule has 0 aromatic heterocycles. The van der Waals surface area contributed by atoms with Crippen LogP contribution in [0.15, 0.2) is 59.7 Å². The first kappa shape index (κ1) is 48.1. The number of hydrogen-bond donors (Lipinski definition) is 3. The summed E-state index contributed by atoms with van der Waals surface area (Å²) in [5.74, 6) is -8.54. The lowest BCUT2D eigenvalue weighted by molar-refractivity contribution is -0.158. The van der Waals surface area contributed by atoms with Crippen molar-refractivity contribution < 1.29 is 56.6 Å². The average Bonchev–Trinajstić information content (AvgIpc) is 3.96. The van der Waals surface area contributed by atoms with Gasteiger partial charge in [0, 0.05) is 43.2 Å². The van der Waals surface area contributed by atoms with E-state index in [1.54, 1.807) is 6.08 Å². The number of amides is 6. The number of fused-ring (bicyclic) bond motifs is 2. The van der Waals surface area contributed by atoms with Gasteiger partial charge >= 0.3 is 11.9 Å². The van der Waals surface area contributed by atoms with Gasteiger partial charge in [-0.3, -0.25) is 28.8 Å². The standard InChI is InChI=1S/C43H51F2N9O10/c1-4-5-6-7-12-36(55)48-31(21-26-19-28(44)22-29(45)20-26)37(56)49-32-23-63-43(62)34-11-9-18-54(34)39(58)25(2)47-38(57)35(52(3)41(60)33-10-8-17-53(33)40(32)59)24-64-42(61)27-13-15-30(16-14-27)50-51-46/h7,12-16,19-20,22,25,31-35H,4-6,8-11,17-18,21,23-24H2,1-3H3,(H,47,57)(H,48,55)(H,49,56)/b12-7+/t25-,31-,32-,33-,34-,35-/m0/s1. The number of halogens is 2. The average molecular weight is 892 g/mol. The lowest BCUT2D eigenvalue weighted by atomic mass is 10.0. The molecule has 0 bridgehead atoms. The van der Waals surface area contributed by atoms with Gasteiger partial charge in [-0.15, -0.1) is 0 Å². The Hall–Kier alpha value is -6.89. The molecule has 3 saturated heterocycles. The highest BCUT2D eigenvalue weighted by Crippen LogP contribution is 2.24. The summed E-state index contributed by atoms with van der Waals surface area (Å²) >= 11 is 0. The molecule has 0 radical (unpaired) electrons. The third-order valence-electron chi connectivity index (χ3n) is 11.1. The number of benzene rings is 2. The summed E-state index contributed by atoms with van der Waals surface area (Å²) in [7, 11) is 1.27. The monoisotopic (exact) mass is 891 g/mol. The predicted octanol–water partition coefficient (Wildman–Crippen LogP) is 2.89. The maximum Gasteiger partial charge on any atom is 0.338 e. The van der Waals surface area contributed by atoms with Gasteiger partial charge in [-0.1, -0.05) is 43.1 Å². The van der Waals surface area contributed by atoms with E-state index in [-0.39, 0.29) is 42.7 Å². The molecular weight excluding hydrogens is 841 g/mol. The van der Waals surface area contributed by atoms with Crippen LogP contribution < -0.4 is 16.0 Å². The van der Waals surface area contributed by atoms with Crippen molar-refractivity contribution in [2.24, 2.45) is 5.11 Å². The zero-order chi connectivity index (χ0) is 46.5. The summed E-state index contributed by atoms with van der Waals surface area (Å²) in [6, 6.07) is -0.316. The van der Waals surface area contributed by atoms with Crippen LogP contribution in [0.2, 0.25) is 0 Å². The van der Waals surface area contributed by atoms with Crippen LogP contribution in [-0.4, -0.2) is 132 Å². The predicted molar refractivity (Wildman–Crippen MR) is 223 cm³/mol. The molecule has 342 valence electrons. The van der Waals surface area contributed by atoms with Crippen molar-refractivity contribution in [3.8, 4) is 0 Å². The fraction of sp³-hybridized carbons (Fsp3) is 0.488. The van der Waals surface area contributed by atoms with Crippen molar-refractivity contribution in [1.82, 2.24) is 30.7 Å². The van der Waals surface area contributed by atoms with Gasteiger partial charge in [0.25, 0.3) is 0 Å². The molecule has 19 nitrogen and oxygen atoms in total. The van der Waals surface area contributed by atoms with Crippen molar-refractivity contribution >= 4 is 53.1 Å². The number of likely N-dealkylation sites (N-methyl/N-ethyl adjacent to an activating group) is 1. The van der Waals surface area contributed by atoms with E-state index in [9.17, 15) is 47.1 Å². The number of unbranched alkanes of at least 4 members (excludes halogenated alkanes) is 2. The van der Waals surface area contributed by atoms with Crippen LogP contribution in [0.4, 0.5) is 14.5 Å². The number of hydrogen-bond acceptors (Lipinski definition) is 11. The summed E-state index contributed by atoms with van der Waals surface area (Å²) in [5, 5.41) is 11.1. The molecule has 3 heterocycles. The molecule has 2 aromatic carbocycles. The number of nitrogens with zero attached hydrogens (tertiary/aromatic N) is 6. The molecule has 0 spiro atoms. The molecule has 64 heavy (non-hydrogen) atoms. The molecule has 3 N–H and O–H groups in total. The number of carbonyl (C=O) groups excluding carboxylic acids is 8. The Morgan fingerprint density at radius 3 is 2.30 bits per heavy atom. The molecule has 2 aromatic rings. The molecule has 5 rings (SSSR count). The fourth-order valence-corrected chi connectivity index (χ4v) is 7.70. The molecule has 0 unspecified atom stereocenters. The minimum absolute atomic E-state index is 0.00428. The normalized spacial score (nSPS) is 22.5. The van der Waals surface area contributed by atoms with Crippen LogP contribution in [0.5, 0.6) is 0 Å². The van der Waals surface area contributed by atoms with E-state index >= 15 is 0 Å². The second-order valence-electron chi connectivity index (χ2n) is 15.7. The number of ether oxygens (including phenoxy) is 2. The lowest BCUT2D eigenvalue weighted by Crippen LogP contribution is -2.61. The van der Waals surface area contributed by atoms with E-state index in [2.05, 4.69) is 26.0 Å². The van der Waals surface area contributed by atoms with Gasteiger partial charge in [0.05, 0.1) is 5.56 Å². The first-order chi connectivity index (χ1) is 30.6. The van der Waals surface area contributed by atoms with E-state index in [0.717, 1.165) is 34.8 Å². The van der Waals surface area contributed by atoms with Crippen LogP contribution >= 0.6 is 0 Å². The van der Waals surface area contributed by atoms with Gasteiger partial charge in [-0.05, 0) is 80.5 Å². The third kappa shape index (κ3) is 12.4.